The molecule has 0 atom stereocenters. The number of hydrogen-bond donors (Lipinski definition) is 2. The first-order valence-electron chi connectivity index (χ1n) is 10.3. The third-order valence-corrected chi connectivity index (χ3v) is 6.30. The maximum absolute atomic E-state index is 12.6. The van der Waals surface area contributed by atoms with Crippen molar-refractivity contribution in [1.29, 1.82) is 0 Å². The van der Waals surface area contributed by atoms with E-state index in [1.807, 2.05) is 19.9 Å². The molecule has 31 heavy (non-hydrogen) atoms. The minimum absolute atomic E-state index is 0.0587. The molecule has 3 aromatic rings. The van der Waals surface area contributed by atoms with Gasteiger partial charge in [-0.2, -0.15) is 0 Å². The lowest BCUT2D eigenvalue weighted by molar-refractivity contribution is 0.0699. The van der Waals surface area contributed by atoms with Gasteiger partial charge in [0.05, 0.1) is 5.69 Å². The van der Waals surface area contributed by atoms with Crippen LogP contribution in [0.15, 0.2) is 35.8 Å². The Labute approximate surface area is 184 Å². The van der Waals surface area contributed by atoms with Crippen LogP contribution in [-0.4, -0.2) is 40.0 Å². The van der Waals surface area contributed by atoms with Gasteiger partial charge in [-0.1, -0.05) is 17.7 Å². The minimum atomic E-state index is -1.10. The van der Waals surface area contributed by atoms with E-state index in [1.54, 1.807) is 29.8 Å². The number of amides is 1. The van der Waals surface area contributed by atoms with E-state index in [0.29, 0.717) is 33.3 Å². The molecule has 1 aromatic carbocycles. The van der Waals surface area contributed by atoms with Crippen LogP contribution >= 0.6 is 11.3 Å². The summed E-state index contributed by atoms with van der Waals surface area (Å²) in [5.74, 6) is -0.760. The number of anilines is 2. The maximum atomic E-state index is 12.6. The molecule has 1 aliphatic rings. The van der Waals surface area contributed by atoms with Crippen molar-refractivity contribution in [3.8, 4) is 11.1 Å². The number of aryl methyl sites for hydroxylation is 2. The fourth-order valence-electron chi connectivity index (χ4n) is 3.79. The first kappa shape index (κ1) is 21.0. The number of benzene rings is 1. The highest BCUT2D eigenvalue weighted by Crippen LogP contribution is 2.37. The van der Waals surface area contributed by atoms with Gasteiger partial charge in [-0.05, 0) is 45.2 Å². The van der Waals surface area contributed by atoms with E-state index in [4.69, 9.17) is 0 Å². The summed E-state index contributed by atoms with van der Waals surface area (Å²) in [5.41, 5.74) is 3.39. The molecule has 0 aliphatic carbocycles. The first-order chi connectivity index (χ1) is 14.9. The molecular formula is C23H24N4O3S. The van der Waals surface area contributed by atoms with E-state index in [9.17, 15) is 14.7 Å². The third kappa shape index (κ3) is 4.44. The van der Waals surface area contributed by atoms with Crippen LogP contribution < -0.4 is 10.2 Å². The Morgan fingerprint density at radius 1 is 1.13 bits per heavy atom. The van der Waals surface area contributed by atoms with Gasteiger partial charge < -0.3 is 15.3 Å². The highest BCUT2D eigenvalue weighted by Gasteiger charge is 2.24. The van der Waals surface area contributed by atoms with Gasteiger partial charge in [0.25, 0.3) is 5.91 Å². The highest BCUT2D eigenvalue weighted by molar-refractivity contribution is 7.15. The number of hydrogen-bond acceptors (Lipinski definition) is 6. The lowest BCUT2D eigenvalue weighted by Gasteiger charge is -2.26. The smallest absolute Gasteiger partial charge is 0.339 e. The number of piperidine rings is 1. The van der Waals surface area contributed by atoms with Crippen LogP contribution in [0, 0.1) is 13.8 Å². The molecule has 1 fully saturated rings. The zero-order valence-electron chi connectivity index (χ0n) is 17.5. The third-order valence-electron chi connectivity index (χ3n) is 5.41. The Morgan fingerprint density at radius 2 is 1.90 bits per heavy atom. The quantitative estimate of drug-likeness (QED) is 0.599. The number of nitrogens with one attached hydrogen (secondary N) is 1. The molecule has 0 unspecified atom stereocenters. The topological polar surface area (TPSA) is 95.4 Å². The lowest BCUT2D eigenvalue weighted by atomic mass is 10.0. The number of carboxylic acids is 1. The monoisotopic (exact) mass is 436 g/mol. The highest BCUT2D eigenvalue weighted by atomic mass is 32.1. The molecule has 1 aliphatic heterocycles. The van der Waals surface area contributed by atoms with Crippen molar-refractivity contribution >= 4 is 34.2 Å². The van der Waals surface area contributed by atoms with Crippen molar-refractivity contribution in [1.82, 2.24) is 9.97 Å². The standard InChI is InChI=1S/C23H24N4O3S/c1-14-7-6-8-16(11-14)20(28)26-21-19(22(29)30)18(13-31-21)17-12-24-23(25-15(17)2)27-9-4-3-5-10-27/h6-8,11-13H,3-5,9-10H2,1-2H3,(H,26,28)(H,29,30). The lowest BCUT2D eigenvalue weighted by Crippen LogP contribution is -2.31. The number of aromatic carboxylic acids is 1. The number of carbonyl (C=O) groups is 2. The largest absolute Gasteiger partial charge is 0.478 e. The van der Waals surface area contributed by atoms with Gasteiger partial charge in [0.15, 0.2) is 0 Å². The summed E-state index contributed by atoms with van der Waals surface area (Å²) in [6.07, 6.45) is 5.16. The summed E-state index contributed by atoms with van der Waals surface area (Å²) in [6, 6.07) is 7.17. The molecule has 7 nitrogen and oxygen atoms in total. The molecular weight excluding hydrogens is 412 g/mol. The summed E-state index contributed by atoms with van der Waals surface area (Å²) in [6.45, 7) is 5.64. The number of carbonyl (C=O) groups excluding carboxylic acids is 1. The van der Waals surface area contributed by atoms with Crippen molar-refractivity contribution in [2.24, 2.45) is 0 Å². The molecule has 4 rings (SSSR count). The average molecular weight is 437 g/mol. The number of nitrogens with zero attached hydrogens (tertiary/aromatic N) is 3. The van der Waals surface area contributed by atoms with Crippen molar-refractivity contribution in [3.63, 3.8) is 0 Å². The molecule has 8 heteroatoms. The fraction of sp³-hybridized carbons (Fsp3) is 0.304. The molecule has 0 radical (unpaired) electrons. The number of thiophene rings is 1. The van der Waals surface area contributed by atoms with Gasteiger partial charge in [0.2, 0.25) is 5.95 Å². The predicted octanol–water partition coefficient (Wildman–Crippen LogP) is 4.76. The second-order valence-electron chi connectivity index (χ2n) is 7.70. The van der Waals surface area contributed by atoms with E-state index >= 15 is 0 Å². The van der Waals surface area contributed by atoms with Crippen molar-refractivity contribution in [2.75, 3.05) is 23.3 Å². The van der Waals surface area contributed by atoms with Crippen molar-refractivity contribution in [2.45, 2.75) is 33.1 Å². The molecule has 0 spiro atoms. The van der Waals surface area contributed by atoms with Gasteiger partial charge >= 0.3 is 5.97 Å². The summed E-state index contributed by atoms with van der Waals surface area (Å²) >= 11 is 1.19. The van der Waals surface area contributed by atoms with Crippen LogP contribution in [0.25, 0.3) is 11.1 Å². The maximum Gasteiger partial charge on any atom is 0.339 e. The fourth-order valence-corrected chi connectivity index (χ4v) is 4.73. The molecule has 160 valence electrons. The van der Waals surface area contributed by atoms with E-state index in [2.05, 4.69) is 20.2 Å². The van der Waals surface area contributed by atoms with Crippen LogP contribution in [0.3, 0.4) is 0 Å². The zero-order valence-corrected chi connectivity index (χ0v) is 18.3. The van der Waals surface area contributed by atoms with E-state index < -0.39 is 5.97 Å². The van der Waals surface area contributed by atoms with Gasteiger partial charge in [0, 0.05) is 41.4 Å². The summed E-state index contributed by atoms with van der Waals surface area (Å²) in [5, 5.41) is 14.7. The van der Waals surface area contributed by atoms with Crippen molar-refractivity contribution in [3.05, 3.63) is 58.2 Å². The Kier molecular flexibility index (Phi) is 5.99. The van der Waals surface area contributed by atoms with E-state index in [0.717, 1.165) is 31.5 Å². The summed E-state index contributed by atoms with van der Waals surface area (Å²) in [7, 11) is 0. The summed E-state index contributed by atoms with van der Waals surface area (Å²) in [4.78, 5) is 36.0. The predicted molar refractivity (Wildman–Crippen MR) is 122 cm³/mol. The van der Waals surface area contributed by atoms with Gasteiger partial charge in [-0.3, -0.25) is 4.79 Å². The Balaban J connectivity index is 1.64. The molecule has 0 bridgehead atoms. The van der Waals surface area contributed by atoms with Crippen LogP contribution in [0.5, 0.6) is 0 Å². The molecule has 1 amide bonds. The van der Waals surface area contributed by atoms with E-state index in [-0.39, 0.29) is 11.5 Å². The van der Waals surface area contributed by atoms with Gasteiger partial charge in [-0.15, -0.1) is 11.3 Å². The molecule has 1 saturated heterocycles. The Hall–Kier alpha value is -3.26. The minimum Gasteiger partial charge on any atom is -0.478 e. The average Bonchev–Trinajstić information content (AvgIpc) is 3.17. The van der Waals surface area contributed by atoms with Crippen LogP contribution in [0.2, 0.25) is 0 Å². The normalized spacial score (nSPS) is 13.8. The van der Waals surface area contributed by atoms with Crippen molar-refractivity contribution < 1.29 is 14.7 Å². The van der Waals surface area contributed by atoms with Crippen LogP contribution in [0.1, 0.15) is 51.2 Å². The molecule has 2 N–H and O–H groups in total. The molecule has 3 heterocycles. The second kappa shape index (κ2) is 8.85. The first-order valence-corrected chi connectivity index (χ1v) is 11.1. The Morgan fingerprint density at radius 3 is 2.58 bits per heavy atom. The SMILES string of the molecule is Cc1cccc(C(=O)Nc2scc(-c3cnc(N4CCCCC4)nc3C)c2C(=O)O)c1. The zero-order chi connectivity index (χ0) is 22.0. The number of rotatable bonds is 5. The summed E-state index contributed by atoms with van der Waals surface area (Å²) < 4.78 is 0. The van der Waals surface area contributed by atoms with Crippen LogP contribution in [-0.2, 0) is 0 Å². The molecule has 2 aromatic heterocycles. The van der Waals surface area contributed by atoms with Crippen LogP contribution in [0.4, 0.5) is 10.9 Å². The number of carboxylic acid groups (broad SMARTS) is 1. The van der Waals surface area contributed by atoms with Gasteiger partial charge in [0.1, 0.15) is 10.6 Å². The molecule has 0 saturated carbocycles. The number of aromatic nitrogens is 2. The van der Waals surface area contributed by atoms with Gasteiger partial charge in [-0.25, -0.2) is 14.8 Å². The second-order valence-corrected chi connectivity index (χ2v) is 8.58. The Bertz CT molecular complexity index is 1140. The van der Waals surface area contributed by atoms with E-state index in [1.165, 1.54) is 17.8 Å².